The van der Waals surface area contributed by atoms with Crippen LogP contribution in [0.15, 0.2) is 24.3 Å². The SMILES string of the molecule is O=C(O)C1CC(=O)N(CCc2ccc(C(F)(F)F)cc2)C1. The van der Waals surface area contributed by atoms with Crippen molar-refractivity contribution in [3.05, 3.63) is 35.4 Å². The van der Waals surface area contributed by atoms with Gasteiger partial charge in [0.2, 0.25) is 5.91 Å². The molecular formula is C14H14F3NO3. The summed E-state index contributed by atoms with van der Waals surface area (Å²) in [5.74, 6) is -1.92. The predicted octanol–water partition coefficient (Wildman–Crippen LogP) is 2.18. The van der Waals surface area contributed by atoms with Gasteiger partial charge in [-0.15, -0.1) is 0 Å². The second-order valence-corrected chi connectivity index (χ2v) is 5.02. The Kier molecular flexibility index (Phi) is 4.20. The standard InChI is InChI=1S/C14H14F3NO3/c15-14(16,17)11-3-1-9(2-4-11)5-6-18-8-10(13(20)21)7-12(18)19/h1-4,10H,5-8H2,(H,20,21). The first-order valence-electron chi connectivity index (χ1n) is 6.44. The van der Waals surface area contributed by atoms with Crippen LogP contribution in [0.3, 0.4) is 0 Å². The molecule has 0 bridgehead atoms. The predicted molar refractivity (Wildman–Crippen MR) is 67.5 cm³/mol. The van der Waals surface area contributed by atoms with E-state index in [-0.39, 0.29) is 18.9 Å². The van der Waals surface area contributed by atoms with Gasteiger partial charge in [-0.3, -0.25) is 9.59 Å². The van der Waals surface area contributed by atoms with Crippen LogP contribution in [0.4, 0.5) is 13.2 Å². The molecule has 0 spiro atoms. The molecule has 1 saturated heterocycles. The van der Waals surface area contributed by atoms with Crippen molar-refractivity contribution in [1.29, 1.82) is 0 Å². The van der Waals surface area contributed by atoms with Crippen molar-refractivity contribution in [3.8, 4) is 0 Å². The molecule has 1 heterocycles. The monoisotopic (exact) mass is 301 g/mol. The fourth-order valence-corrected chi connectivity index (χ4v) is 2.28. The molecule has 0 aromatic heterocycles. The molecule has 0 aliphatic carbocycles. The Balaban J connectivity index is 1.92. The third-order valence-corrected chi connectivity index (χ3v) is 3.52. The number of carboxylic acids is 1. The van der Waals surface area contributed by atoms with Gasteiger partial charge in [-0.2, -0.15) is 13.2 Å². The summed E-state index contributed by atoms with van der Waals surface area (Å²) in [6, 6.07) is 4.75. The number of carboxylic acid groups (broad SMARTS) is 1. The summed E-state index contributed by atoms with van der Waals surface area (Å²) in [4.78, 5) is 23.9. The number of rotatable bonds is 4. The first kappa shape index (κ1) is 15.3. The Bertz CT molecular complexity index is 539. The number of alkyl halides is 3. The number of hydrogen-bond donors (Lipinski definition) is 1. The summed E-state index contributed by atoms with van der Waals surface area (Å²) in [5, 5.41) is 8.86. The van der Waals surface area contributed by atoms with E-state index >= 15 is 0 Å². The summed E-state index contributed by atoms with van der Waals surface area (Å²) >= 11 is 0. The molecule has 0 saturated carbocycles. The lowest BCUT2D eigenvalue weighted by Gasteiger charge is -2.16. The van der Waals surface area contributed by atoms with Gasteiger partial charge in [-0.25, -0.2) is 0 Å². The lowest BCUT2D eigenvalue weighted by atomic mass is 10.1. The van der Waals surface area contributed by atoms with Crippen LogP contribution < -0.4 is 0 Å². The van der Waals surface area contributed by atoms with E-state index in [2.05, 4.69) is 0 Å². The van der Waals surface area contributed by atoms with E-state index in [1.54, 1.807) is 0 Å². The first-order chi connectivity index (χ1) is 9.77. The number of amides is 1. The van der Waals surface area contributed by atoms with Crippen molar-refractivity contribution in [3.63, 3.8) is 0 Å². The minimum Gasteiger partial charge on any atom is -0.481 e. The molecule has 4 nitrogen and oxygen atoms in total. The summed E-state index contributed by atoms with van der Waals surface area (Å²) in [6.07, 6.45) is -3.98. The van der Waals surface area contributed by atoms with Crippen LogP contribution in [0, 0.1) is 5.92 Å². The van der Waals surface area contributed by atoms with Gasteiger partial charge in [-0.1, -0.05) is 12.1 Å². The maximum Gasteiger partial charge on any atom is 0.416 e. The summed E-state index contributed by atoms with van der Waals surface area (Å²) in [5.41, 5.74) is -0.0379. The second-order valence-electron chi connectivity index (χ2n) is 5.02. The smallest absolute Gasteiger partial charge is 0.416 e. The normalized spacial score (nSPS) is 19.1. The van der Waals surface area contributed by atoms with Crippen LogP contribution in [0.1, 0.15) is 17.5 Å². The van der Waals surface area contributed by atoms with Gasteiger partial charge in [0.1, 0.15) is 0 Å². The fourth-order valence-electron chi connectivity index (χ4n) is 2.28. The minimum atomic E-state index is -4.36. The lowest BCUT2D eigenvalue weighted by molar-refractivity contribution is -0.141. The molecular weight excluding hydrogens is 287 g/mol. The molecule has 2 rings (SSSR count). The zero-order valence-electron chi connectivity index (χ0n) is 11.1. The Hall–Kier alpha value is -2.05. The molecule has 1 aliphatic rings. The molecule has 1 aromatic rings. The van der Waals surface area contributed by atoms with Gasteiger partial charge in [0.15, 0.2) is 0 Å². The number of aliphatic carboxylic acids is 1. The van der Waals surface area contributed by atoms with E-state index in [0.29, 0.717) is 18.5 Å². The summed E-state index contributed by atoms with van der Waals surface area (Å²) in [7, 11) is 0. The van der Waals surface area contributed by atoms with E-state index in [4.69, 9.17) is 5.11 Å². The molecule has 7 heteroatoms. The Labute approximate surface area is 119 Å². The van der Waals surface area contributed by atoms with Gasteiger partial charge in [-0.05, 0) is 24.1 Å². The second kappa shape index (κ2) is 5.75. The van der Waals surface area contributed by atoms with E-state index in [0.717, 1.165) is 12.1 Å². The number of hydrogen-bond acceptors (Lipinski definition) is 2. The van der Waals surface area contributed by atoms with E-state index in [1.807, 2.05) is 0 Å². The molecule has 1 N–H and O–H groups in total. The molecule has 114 valence electrons. The van der Waals surface area contributed by atoms with Gasteiger partial charge in [0.25, 0.3) is 0 Å². The molecule has 1 atom stereocenters. The van der Waals surface area contributed by atoms with Gasteiger partial charge < -0.3 is 10.0 Å². The van der Waals surface area contributed by atoms with Crippen LogP contribution in [0.5, 0.6) is 0 Å². The zero-order valence-corrected chi connectivity index (χ0v) is 11.1. The number of halogens is 3. The van der Waals surface area contributed by atoms with Gasteiger partial charge in [0, 0.05) is 19.5 Å². The minimum absolute atomic E-state index is 0.0116. The number of benzene rings is 1. The van der Waals surface area contributed by atoms with Crippen LogP contribution >= 0.6 is 0 Å². The topological polar surface area (TPSA) is 57.6 Å². The number of carbonyl (C=O) groups excluding carboxylic acids is 1. The van der Waals surface area contributed by atoms with Crippen LogP contribution in [0.2, 0.25) is 0 Å². The highest BCUT2D eigenvalue weighted by Crippen LogP contribution is 2.29. The molecule has 21 heavy (non-hydrogen) atoms. The van der Waals surface area contributed by atoms with Crippen molar-refractivity contribution < 1.29 is 27.9 Å². The van der Waals surface area contributed by atoms with Crippen LogP contribution in [-0.2, 0) is 22.2 Å². The van der Waals surface area contributed by atoms with Gasteiger partial charge >= 0.3 is 12.1 Å². The van der Waals surface area contributed by atoms with Crippen molar-refractivity contribution in [2.45, 2.75) is 19.0 Å². The highest BCUT2D eigenvalue weighted by molar-refractivity contribution is 5.86. The van der Waals surface area contributed by atoms with E-state index < -0.39 is 23.6 Å². The number of likely N-dealkylation sites (tertiary alicyclic amines) is 1. The molecule has 1 amide bonds. The Morgan fingerprint density at radius 1 is 1.29 bits per heavy atom. The van der Waals surface area contributed by atoms with Crippen LogP contribution in [0.25, 0.3) is 0 Å². The average molecular weight is 301 g/mol. The average Bonchev–Trinajstić information content (AvgIpc) is 2.77. The third-order valence-electron chi connectivity index (χ3n) is 3.52. The molecule has 0 radical (unpaired) electrons. The van der Waals surface area contributed by atoms with E-state index in [9.17, 15) is 22.8 Å². The molecule has 1 aliphatic heterocycles. The zero-order chi connectivity index (χ0) is 15.6. The third kappa shape index (κ3) is 3.74. The van der Waals surface area contributed by atoms with E-state index in [1.165, 1.54) is 17.0 Å². The van der Waals surface area contributed by atoms with Crippen molar-refractivity contribution >= 4 is 11.9 Å². The molecule has 1 unspecified atom stereocenters. The largest absolute Gasteiger partial charge is 0.481 e. The highest BCUT2D eigenvalue weighted by Gasteiger charge is 2.34. The fraction of sp³-hybridized carbons (Fsp3) is 0.429. The Morgan fingerprint density at radius 3 is 2.38 bits per heavy atom. The number of nitrogens with zero attached hydrogens (tertiary/aromatic N) is 1. The molecule has 1 aromatic carbocycles. The number of carbonyl (C=O) groups is 2. The summed E-state index contributed by atoms with van der Waals surface area (Å²) in [6.45, 7) is 0.475. The van der Waals surface area contributed by atoms with Crippen molar-refractivity contribution in [1.82, 2.24) is 4.90 Å². The van der Waals surface area contributed by atoms with Gasteiger partial charge in [0.05, 0.1) is 11.5 Å². The van der Waals surface area contributed by atoms with Crippen molar-refractivity contribution in [2.24, 2.45) is 5.92 Å². The molecule has 1 fully saturated rings. The maximum atomic E-state index is 12.4. The highest BCUT2D eigenvalue weighted by atomic mass is 19.4. The summed E-state index contributed by atoms with van der Waals surface area (Å²) < 4.78 is 37.2. The quantitative estimate of drug-likeness (QED) is 0.927. The first-order valence-corrected chi connectivity index (χ1v) is 6.44. The van der Waals surface area contributed by atoms with Crippen molar-refractivity contribution in [2.75, 3.05) is 13.1 Å². The Morgan fingerprint density at radius 2 is 1.90 bits per heavy atom. The maximum absolute atomic E-state index is 12.4. The van der Waals surface area contributed by atoms with Crippen LogP contribution in [-0.4, -0.2) is 35.0 Å². The lowest BCUT2D eigenvalue weighted by Crippen LogP contribution is -2.28.